The number of aryl methyl sites for hydroxylation is 2. The maximum Gasteiger partial charge on any atom is 0.271 e. The zero-order chi connectivity index (χ0) is 25.5. The highest BCUT2D eigenvalue weighted by atomic mass is 32.2. The van der Waals surface area contributed by atoms with Gasteiger partial charge in [0.15, 0.2) is 0 Å². The Morgan fingerprint density at radius 1 is 1.06 bits per heavy atom. The molecule has 3 aromatic rings. The molecule has 0 aliphatic heterocycles. The lowest BCUT2D eigenvalue weighted by atomic mass is 9.89. The number of aromatic nitrogens is 2. The molecule has 8 nitrogen and oxygen atoms in total. The number of carbonyl (C=O) groups is 1. The molecule has 1 aliphatic rings. The molecule has 0 fully saturated rings. The van der Waals surface area contributed by atoms with Gasteiger partial charge in [0.2, 0.25) is 15.9 Å². The minimum Gasteiger partial charge on any atom is -0.324 e. The quantitative estimate of drug-likeness (QED) is 0.561. The molecule has 0 bridgehead atoms. The predicted molar refractivity (Wildman–Crippen MR) is 136 cm³/mol. The van der Waals surface area contributed by atoms with Gasteiger partial charge in [-0.05, 0) is 87.8 Å². The van der Waals surface area contributed by atoms with E-state index in [4.69, 9.17) is 5.14 Å². The zero-order valence-corrected chi connectivity index (χ0v) is 21.2. The SMILES string of the molecule is Cc1ccc(-c2nn(C(C)C(=O)Nc3cccc(C)c3C)c(=O)c3c2CCCC3)cc1S(N)(=O)=O. The van der Waals surface area contributed by atoms with Gasteiger partial charge in [0.05, 0.1) is 10.6 Å². The van der Waals surface area contributed by atoms with Crippen LogP contribution in [0.15, 0.2) is 46.1 Å². The summed E-state index contributed by atoms with van der Waals surface area (Å²) in [5, 5.41) is 13.0. The second-order valence-electron chi connectivity index (χ2n) is 9.20. The van der Waals surface area contributed by atoms with Gasteiger partial charge in [-0.15, -0.1) is 0 Å². The molecule has 1 unspecified atom stereocenters. The van der Waals surface area contributed by atoms with Crippen molar-refractivity contribution >= 4 is 21.6 Å². The molecular weight excluding hydrogens is 464 g/mol. The summed E-state index contributed by atoms with van der Waals surface area (Å²) >= 11 is 0. The number of amides is 1. The van der Waals surface area contributed by atoms with E-state index in [-0.39, 0.29) is 16.4 Å². The molecule has 4 rings (SSSR count). The summed E-state index contributed by atoms with van der Waals surface area (Å²) in [4.78, 5) is 26.6. The number of anilines is 1. The number of hydrogen-bond acceptors (Lipinski definition) is 5. The van der Waals surface area contributed by atoms with Crippen LogP contribution in [0.2, 0.25) is 0 Å². The third-order valence-corrected chi connectivity index (χ3v) is 7.86. The Morgan fingerprint density at radius 2 is 1.74 bits per heavy atom. The minimum atomic E-state index is -3.94. The van der Waals surface area contributed by atoms with E-state index < -0.39 is 16.1 Å². The third kappa shape index (κ3) is 4.78. The average Bonchev–Trinajstić information content (AvgIpc) is 2.82. The number of sulfonamides is 1. The largest absolute Gasteiger partial charge is 0.324 e. The van der Waals surface area contributed by atoms with Gasteiger partial charge in [-0.1, -0.05) is 24.3 Å². The first-order chi connectivity index (χ1) is 16.5. The Hall–Kier alpha value is -3.30. The molecular formula is C26H30N4O4S. The molecule has 0 saturated heterocycles. The number of nitrogens with two attached hydrogens (primary N) is 1. The first kappa shape index (κ1) is 24.8. The van der Waals surface area contributed by atoms with Gasteiger partial charge >= 0.3 is 0 Å². The molecule has 9 heteroatoms. The summed E-state index contributed by atoms with van der Waals surface area (Å²) in [6, 6.07) is 9.73. The van der Waals surface area contributed by atoms with E-state index >= 15 is 0 Å². The number of hydrogen-bond donors (Lipinski definition) is 2. The zero-order valence-electron chi connectivity index (χ0n) is 20.4. The van der Waals surface area contributed by atoms with Crippen molar-refractivity contribution in [2.45, 2.75) is 64.3 Å². The Kier molecular flexibility index (Phi) is 6.66. The highest BCUT2D eigenvalue weighted by Crippen LogP contribution is 2.31. The molecule has 1 aliphatic carbocycles. The number of carbonyl (C=O) groups excluding carboxylic acids is 1. The molecule has 1 atom stereocenters. The van der Waals surface area contributed by atoms with Crippen molar-refractivity contribution < 1.29 is 13.2 Å². The number of benzene rings is 2. The lowest BCUT2D eigenvalue weighted by molar-refractivity contribution is -0.119. The molecule has 3 N–H and O–H groups in total. The van der Waals surface area contributed by atoms with Crippen molar-refractivity contribution in [1.29, 1.82) is 0 Å². The third-order valence-electron chi connectivity index (χ3n) is 6.80. The highest BCUT2D eigenvalue weighted by Gasteiger charge is 2.26. The second kappa shape index (κ2) is 9.39. The van der Waals surface area contributed by atoms with Crippen molar-refractivity contribution in [3.05, 3.63) is 74.6 Å². The van der Waals surface area contributed by atoms with E-state index in [1.807, 2.05) is 32.0 Å². The molecule has 0 saturated carbocycles. The topological polar surface area (TPSA) is 124 Å². The van der Waals surface area contributed by atoms with Crippen LogP contribution in [0.5, 0.6) is 0 Å². The Balaban J connectivity index is 1.82. The van der Waals surface area contributed by atoms with Gasteiger partial charge in [0.1, 0.15) is 6.04 Å². The number of nitrogens with zero attached hydrogens (tertiary/aromatic N) is 2. The summed E-state index contributed by atoms with van der Waals surface area (Å²) in [5.74, 6) is -0.357. The fourth-order valence-corrected chi connectivity index (χ4v) is 5.35. The smallest absolute Gasteiger partial charge is 0.271 e. The number of rotatable bonds is 5. The van der Waals surface area contributed by atoms with E-state index in [2.05, 4.69) is 10.4 Å². The Labute approximate surface area is 205 Å². The summed E-state index contributed by atoms with van der Waals surface area (Å²) in [6.45, 7) is 7.21. The fourth-order valence-electron chi connectivity index (χ4n) is 4.54. The molecule has 35 heavy (non-hydrogen) atoms. The Bertz CT molecular complexity index is 1490. The number of fused-ring (bicyclic) bond motifs is 1. The summed E-state index contributed by atoms with van der Waals surface area (Å²) < 4.78 is 25.5. The van der Waals surface area contributed by atoms with Crippen molar-refractivity contribution in [2.75, 3.05) is 5.32 Å². The van der Waals surface area contributed by atoms with Crippen LogP contribution in [0.25, 0.3) is 11.3 Å². The van der Waals surface area contributed by atoms with Gasteiger partial charge in [-0.25, -0.2) is 18.2 Å². The van der Waals surface area contributed by atoms with Gasteiger partial charge in [-0.2, -0.15) is 5.10 Å². The van der Waals surface area contributed by atoms with Crippen LogP contribution in [-0.2, 0) is 27.7 Å². The molecule has 2 aromatic carbocycles. The van der Waals surface area contributed by atoms with Gasteiger partial charge < -0.3 is 5.32 Å². The van der Waals surface area contributed by atoms with Crippen molar-refractivity contribution in [3.8, 4) is 11.3 Å². The van der Waals surface area contributed by atoms with Crippen LogP contribution in [-0.4, -0.2) is 24.1 Å². The molecule has 1 aromatic heterocycles. The van der Waals surface area contributed by atoms with Gasteiger partial charge in [0.25, 0.3) is 5.56 Å². The standard InChI is InChI=1S/C26H30N4O4S/c1-15-8-7-11-22(17(15)3)28-25(31)18(4)30-26(32)21-10-6-5-9-20(21)24(29-30)19-13-12-16(2)23(14-19)35(27,33)34/h7-8,11-14,18H,5-6,9-10H2,1-4H3,(H,28,31)(H2,27,33,34). The molecule has 1 amide bonds. The lowest BCUT2D eigenvalue weighted by Gasteiger charge is -2.23. The molecule has 0 radical (unpaired) electrons. The van der Waals surface area contributed by atoms with Crippen molar-refractivity contribution in [1.82, 2.24) is 9.78 Å². The van der Waals surface area contributed by atoms with Crippen LogP contribution >= 0.6 is 0 Å². The normalized spacial score (nSPS) is 14.3. The maximum atomic E-state index is 13.4. The minimum absolute atomic E-state index is 0.0137. The van der Waals surface area contributed by atoms with Gasteiger partial charge in [0, 0.05) is 16.8 Å². The predicted octanol–water partition coefficient (Wildman–Crippen LogP) is 3.56. The fraction of sp³-hybridized carbons (Fsp3) is 0.346. The highest BCUT2D eigenvalue weighted by molar-refractivity contribution is 7.89. The van der Waals surface area contributed by atoms with E-state index in [9.17, 15) is 18.0 Å². The lowest BCUT2D eigenvalue weighted by Crippen LogP contribution is -2.37. The summed E-state index contributed by atoms with van der Waals surface area (Å²) in [5.41, 5.74) is 5.43. The Morgan fingerprint density at radius 3 is 2.43 bits per heavy atom. The first-order valence-electron chi connectivity index (χ1n) is 11.6. The monoisotopic (exact) mass is 494 g/mol. The maximum absolute atomic E-state index is 13.4. The van der Waals surface area contributed by atoms with Crippen LogP contribution < -0.4 is 16.0 Å². The van der Waals surface area contributed by atoms with Gasteiger partial charge in [-0.3, -0.25) is 9.59 Å². The van der Waals surface area contributed by atoms with E-state index in [1.54, 1.807) is 26.0 Å². The van der Waals surface area contributed by atoms with Crippen LogP contribution in [0.3, 0.4) is 0 Å². The molecule has 184 valence electrons. The van der Waals surface area contributed by atoms with Crippen LogP contribution in [0.1, 0.15) is 53.6 Å². The van der Waals surface area contributed by atoms with Crippen LogP contribution in [0.4, 0.5) is 5.69 Å². The second-order valence-corrected chi connectivity index (χ2v) is 10.7. The first-order valence-corrected chi connectivity index (χ1v) is 13.2. The van der Waals surface area contributed by atoms with Crippen molar-refractivity contribution in [2.24, 2.45) is 5.14 Å². The van der Waals surface area contributed by atoms with Crippen LogP contribution in [0, 0.1) is 20.8 Å². The average molecular weight is 495 g/mol. The molecule has 0 spiro atoms. The molecule has 1 heterocycles. The van der Waals surface area contributed by atoms with E-state index in [1.165, 1.54) is 10.7 Å². The number of primary sulfonamides is 1. The van der Waals surface area contributed by atoms with E-state index in [0.29, 0.717) is 40.9 Å². The number of nitrogens with one attached hydrogen (secondary N) is 1. The summed E-state index contributed by atoms with van der Waals surface area (Å²) in [6.07, 6.45) is 3.02. The van der Waals surface area contributed by atoms with E-state index in [0.717, 1.165) is 29.5 Å². The van der Waals surface area contributed by atoms with Crippen molar-refractivity contribution in [3.63, 3.8) is 0 Å². The summed E-state index contributed by atoms with van der Waals surface area (Å²) in [7, 11) is -3.94.